The molecule has 0 unspecified atom stereocenters. The van der Waals surface area contributed by atoms with Crippen molar-refractivity contribution in [3.63, 3.8) is 0 Å². The second-order valence-corrected chi connectivity index (χ2v) is 4.10. The predicted octanol–water partition coefficient (Wildman–Crippen LogP) is -0.269. The number of thiocarbonyl (C=S) groups is 1. The van der Waals surface area contributed by atoms with Gasteiger partial charge < -0.3 is 11.1 Å². The summed E-state index contributed by atoms with van der Waals surface area (Å²) in [7, 11) is 1.66. The first-order valence-corrected chi connectivity index (χ1v) is 5.26. The molecular weight excluding hydrogens is 198 g/mol. The lowest BCUT2D eigenvalue weighted by Crippen LogP contribution is -2.42. The van der Waals surface area contributed by atoms with E-state index in [2.05, 4.69) is 10.2 Å². The molecule has 0 aromatic carbocycles. The van der Waals surface area contributed by atoms with Crippen LogP contribution < -0.4 is 11.1 Å². The van der Waals surface area contributed by atoms with Crippen molar-refractivity contribution >= 4 is 23.1 Å². The van der Waals surface area contributed by atoms with E-state index in [9.17, 15) is 4.79 Å². The molecule has 0 aliphatic carbocycles. The average molecular weight is 215 g/mol. The number of carbonyl (C=O) groups is 1. The average Bonchev–Trinajstić information content (AvgIpc) is 2.18. The minimum atomic E-state index is 0.0683. The van der Waals surface area contributed by atoms with Gasteiger partial charge in [0.25, 0.3) is 0 Å². The van der Waals surface area contributed by atoms with Crippen molar-refractivity contribution in [2.24, 2.45) is 11.7 Å². The number of nitrogens with two attached hydrogens (primary N) is 1. The number of rotatable bonds is 3. The molecule has 5 heteroatoms. The van der Waals surface area contributed by atoms with E-state index in [1.807, 2.05) is 0 Å². The van der Waals surface area contributed by atoms with Gasteiger partial charge in [0.15, 0.2) is 0 Å². The fourth-order valence-electron chi connectivity index (χ4n) is 1.66. The van der Waals surface area contributed by atoms with Gasteiger partial charge in [0.1, 0.15) is 0 Å². The number of hydrogen-bond acceptors (Lipinski definition) is 3. The first-order valence-electron chi connectivity index (χ1n) is 4.85. The lowest BCUT2D eigenvalue weighted by Gasteiger charge is -2.30. The van der Waals surface area contributed by atoms with Gasteiger partial charge in [-0.1, -0.05) is 12.2 Å². The van der Waals surface area contributed by atoms with Gasteiger partial charge >= 0.3 is 0 Å². The first-order chi connectivity index (χ1) is 6.63. The molecule has 1 fully saturated rings. The summed E-state index contributed by atoms with van der Waals surface area (Å²) in [5.74, 6) is 0.435. The van der Waals surface area contributed by atoms with E-state index < -0.39 is 0 Å². The monoisotopic (exact) mass is 215 g/mol. The highest BCUT2D eigenvalue weighted by atomic mass is 32.1. The maximum Gasteiger partial charge on any atom is 0.233 e. The molecule has 0 aromatic heterocycles. The largest absolute Gasteiger partial charge is 0.393 e. The molecule has 1 heterocycles. The fourth-order valence-corrected chi connectivity index (χ4v) is 1.89. The van der Waals surface area contributed by atoms with Crippen LogP contribution in [0.3, 0.4) is 0 Å². The molecule has 0 saturated carbocycles. The summed E-state index contributed by atoms with van der Waals surface area (Å²) in [6.45, 7) is 2.31. The van der Waals surface area contributed by atoms with Crippen LogP contribution >= 0.6 is 12.2 Å². The molecule has 0 radical (unpaired) electrons. The number of nitrogens with zero attached hydrogens (tertiary/aromatic N) is 1. The van der Waals surface area contributed by atoms with Gasteiger partial charge in [-0.2, -0.15) is 0 Å². The Morgan fingerprint density at radius 2 is 2.14 bits per heavy atom. The molecule has 1 amide bonds. The molecule has 1 saturated heterocycles. The molecule has 1 rings (SSSR count). The van der Waals surface area contributed by atoms with E-state index in [1.54, 1.807) is 7.05 Å². The van der Waals surface area contributed by atoms with Gasteiger partial charge in [-0.15, -0.1) is 0 Å². The fraction of sp³-hybridized carbons (Fsp3) is 0.778. The smallest absolute Gasteiger partial charge is 0.233 e. The molecule has 0 bridgehead atoms. The predicted molar refractivity (Wildman–Crippen MR) is 60.0 cm³/mol. The summed E-state index contributed by atoms with van der Waals surface area (Å²) in [5.41, 5.74) is 5.57. The zero-order valence-corrected chi connectivity index (χ0v) is 9.27. The summed E-state index contributed by atoms with van der Waals surface area (Å²) in [5, 5.41) is 2.62. The van der Waals surface area contributed by atoms with Gasteiger partial charge in [-0.25, -0.2) is 0 Å². The quantitative estimate of drug-likeness (QED) is 0.636. The van der Waals surface area contributed by atoms with Crippen LogP contribution in [0.25, 0.3) is 0 Å². The SMILES string of the molecule is CNC(=O)CN1CCC(C(N)=S)CC1. The molecule has 1 aliphatic rings. The van der Waals surface area contributed by atoms with Crippen LogP contribution in [0.1, 0.15) is 12.8 Å². The van der Waals surface area contributed by atoms with Gasteiger partial charge in [0, 0.05) is 13.0 Å². The minimum Gasteiger partial charge on any atom is -0.393 e. The number of nitrogens with one attached hydrogen (secondary N) is 1. The van der Waals surface area contributed by atoms with Crippen molar-refractivity contribution in [1.82, 2.24) is 10.2 Å². The summed E-state index contributed by atoms with van der Waals surface area (Å²) in [4.78, 5) is 13.8. The van der Waals surface area contributed by atoms with Crippen LogP contribution in [-0.2, 0) is 4.79 Å². The zero-order chi connectivity index (χ0) is 10.6. The highest BCUT2D eigenvalue weighted by Gasteiger charge is 2.21. The van der Waals surface area contributed by atoms with Gasteiger partial charge in [0.2, 0.25) is 5.91 Å². The van der Waals surface area contributed by atoms with Crippen LogP contribution in [0, 0.1) is 5.92 Å². The topological polar surface area (TPSA) is 58.4 Å². The van der Waals surface area contributed by atoms with E-state index >= 15 is 0 Å². The highest BCUT2D eigenvalue weighted by molar-refractivity contribution is 7.80. The standard InChI is InChI=1S/C9H17N3OS/c1-11-8(13)6-12-4-2-7(3-5-12)9(10)14/h7H,2-6H2,1H3,(H2,10,14)(H,11,13). The highest BCUT2D eigenvalue weighted by Crippen LogP contribution is 2.16. The molecule has 3 N–H and O–H groups in total. The van der Waals surface area contributed by atoms with E-state index in [4.69, 9.17) is 18.0 Å². The van der Waals surface area contributed by atoms with Crippen molar-refractivity contribution in [3.8, 4) is 0 Å². The van der Waals surface area contributed by atoms with Crippen molar-refractivity contribution in [2.45, 2.75) is 12.8 Å². The maximum atomic E-state index is 11.1. The number of piperidine rings is 1. The maximum absolute atomic E-state index is 11.1. The van der Waals surface area contributed by atoms with Crippen molar-refractivity contribution in [1.29, 1.82) is 0 Å². The van der Waals surface area contributed by atoms with Crippen LogP contribution in [0.2, 0.25) is 0 Å². The third kappa shape index (κ3) is 3.23. The molecule has 0 atom stereocenters. The Hall–Kier alpha value is -0.680. The number of amides is 1. The lowest BCUT2D eigenvalue weighted by molar-refractivity contribution is -0.122. The minimum absolute atomic E-state index is 0.0683. The van der Waals surface area contributed by atoms with Crippen molar-refractivity contribution in [2.75, 3.05) is 26.7 Å². The third-order valence-corrected chi connectivity index (χ3v) is 2.97. The Kier molecular flexibility index (Phi) is 4.28. The normalized spacial score (nSPS) is 19.2. The van der Waals surface area contributed by atoms with Crippen LogP contribution in [-0.4, -0.2) is 42.5 Å². The molecule has 4 nitrogen and oxygen atoms in total. The first kappa shape index (κ1) is 11.4. The second kappa shape index (κ2) is 5.26. The van der Waals surface area contributed by atoms with Crippen LogP contribution in [0.15, 0.2) is 0 Å². The van der Waals surface area contributed by atoms with E-state index in [0.29, 0.717) is 17.5 Å². The van der Waals surface area contributed by atoms with Crippen LogP contribution in [0.5, 0.6) is 0 Å². The summed E-state index contributed by atoms with van der Waals surface area (Å²) < 4.78 is 0. The van der Waals surface area contributed by atoms with E-state index in [0.717, 1.165) is 25.9 Å². The molecule has 80 valence electrons. The number of likely N-dealkylation sites (tertiary alicyclic amines) is 1. The summed E-state index contributed by atoms with van der Waals surface area (Å²) >= 11 is 4.94. The third-order valence-electron chi connectivity index (χ3n) is 2.64. The Morgan fingerprint density at radius 3 is 2.57 bits per heavy atom. The molecule has 0 aromatic rings. The number of carbonyl (C=O) groups excluding carboxylic acids is 1. The Labute approximate surface area is 89.8 Å². The van der Waals surface area contributed by atoms with Crippen LogP contribution in [0.4, 0.5) is 0 Å². The zero-order valence-electron chi connectivity index (χ0n) is 8.45. The summed E-state index contributed by atoms with van der Waals surface area (Å²) in [6.07, 6.45) is 1.96. The van der Waals surface area contributed by atoms with E-state index in [-0.39, 0.29) is 5.91 Å². The van der Waals surface area contributed by atoms with Gasteiger partial charge in [0.05, 0.1) is 11.5 Å². The Balaban J connectivity index is 2.29. The number of hydrogen-bond donors (Lipinski definition) is 2. The summed E-state index contributed by atoms with van der Waals surface area (Å²) in [6, 6.07) is 0. The van der Waals surface area contributed by atoms with Gasteiger partial charge in [-0.05, 0) is 25.9 Å². The number of likely N-dealkylation sites (N-methyl/N-ethyl adjacent to an activating group) is 1. The Bertz CT molecular complexity index is 224. The molecular formula is C9H17N3OS. The molecule has 1 aliphatic heterocycles. The lowest BCUT2D eigenvalue weighted by atomic mass is 9.97. The second-order valence-electron chi connectivity index (χ2n) is 3.63. The van der Waals surface area contributed by atoms with E-state index in [1.165, 1.54) is 0 Å². The molecule has 0 spiro atoms. The van der Waals surface area contributed by atoms with Gasteiger partial charge in [-0.3, -0.25) is 9.69 Å². The Morgan fingerprint density at radius 1 is 1.57 bits per heavy atom. The molecule has 14 heavy (non-hydrogen) atoms. The van der Waals surface area contributed by atoms with Crippen molar-refractivity contribution < 1.29 is 4.79 Å². The van der Waals surface area contributed by atoms with Crippen molar-refractivity contribution in [3.05, 3.63) is 0 Å².